The Morgan fingerprint density at radius 1 is 1.15 bits per heavy atom. The van der Waals surface area contributed by atoms with Crippen molar-refractivity contribution in [3.05, 3.63) is 70.9 Å². The summed E-state index contributed by atoms with van der Waals surface area (Å²) in [5, 5.41) is 3.25. The number of hydrogen-bond donors (Lipinski definition) is 1. The number of hydrogen-bond acceptors (Lipinski definition) is 2. The van der Waals surface area contributed by atoms with Crippen LogP contribution in [0.25, 0.3) is 10.1 Å². The van der Waals surface area contributed by atoms with Gasteiger partial charge in [0, 0.05) is 4.70 Å². The molecule has 0 aliphatic heterocycles. The SMILES string of the molecule is CCC(N)(c1cccc(F)c1)c1cccc2ccsc12. The second-order valence-corrected chi connectivity index (χ2v) is 5.90. The smallest absolute Gasteiger partial charge is 0.123 e. The van der Waals surface area contributed by atoms with Crippen molar-refractivity contribution in [1.82, 2.24) is 0 Å². The van der Waals surface area contributed by atoms with E-state index in [-0.39, 0.29) is 5.82 Å². The zero-order valence-electron chi connectivity index (χ0n) is 11.3. The molecule has 0 aliphatic rings. The van der Waals surface area contributed by atoms with Crippen LogP contribution in [0, 0.1) is 5.82 Å². The van der Waals surface area contributed by atoms with Gasteiger partial charge in [0.15, 0.2) is 0 Å². The first-order chi connectivity index (χ1) is 9.65. The molecule has 1 unspecified atom stereocenters. The Balaban J connectivity index is 2.25. The average molecular weight is 285 g/mol. The van der Waals surface area contributed by atoms with Crippen molar-refractivity contribution in [2.24, 2.45) is 5.73 Å². The van der Waals surface area contributed by atoms with Gasteiger partial charge in [-0.05, 0) is 46.5 Å². The molecular formula is C17H16FNS. The summed E-state index contributed by atoms with van der Waals surface area (Å²) in [5.41, 5.74) is 7.90. The number of halogens is 1. The molecule has 1 aromatic heterocycles. The minimum Gasteiger partial charge on any atom is -0.318 e. The van der Waals surface area contributed by atoms with Crippen LogP contribution < -0.4 is 5.73 Å². The molecule has 1 atom stereocenters. The lowest BCUT2D eigenvalue weighted by atomic mass is 9.81. The number of nitrogens with two attached hydrogens (primary N) is 1. The summed E-state index contributed by atoms with van der Waals surface area (Å²) in [4.78, 5) is 0. The molecule has 2 aromatic carbocycles. The number of fused-ring (bicyclic) bond motifs is 1. The normalized spacial score (nSPS) is 14.3. The van der Waals surface area contributed by atoms with Crippen LogP contribution >= 0.6 is 11.3 Å². The van der Waals surface area contributed by atoms with Gasteiger partial charge in [-0.3, -0.25) is 0 Å². The van der Waals surface area contributed by atoms with Crippen LogP contribution in [-0.4, -0.2) is 0 Å². The van der Waals surface area contributed by atoms with Gasteiger partial charge < -0.3 is 5.73 Å². The molecule has 1 heterocycles. The molecule has 0 bridgehead atoms. The van der Waals surface area contributed by atoms with E-state index in [2.05, 4.69) is 17.5 Å². The molecule has 3 aromatic rings. The Morgan fingerprint density at radius 3 is 2.70 bits per heavy atom. The van der Waals surface area contributed by atoms with Gasteiger partial charge in [0.05, 0.1) is 5.54 Å². The predicted molar refractivity (Wildman–Crippen MR) is 83.5 cm³/mol. The van der Waals surface area contributed by atoms with E-state index in [0.29, 0.717) is 6.42 Å². The van der Waals surface area contributed by atoms with Gasteiger partial charge in [0.25, 0.3) is 0 Å². The van der Waals surface area contributed by atoms with Crippen LogP contribution in [0.15, 0.2) is 53.9 Å². The van der Waals surface area contributed by atoms with Crippen LogP contribution in [-0.2, 0) is 5.54 Å². The van der Waals surface area contributed by atoms with Crippen LogP contribution in [0.3, 0.4) is 0 Å². The Labute approximate surface area is 121 Å². The predicted octanol–water partition coefficient (Wildman–Crippen LogP) is 4.65. The standard InChI is InChI=1S/C17H16FNS/c1-2-17(19,13-6-4-7-14(18)11-13)15-8-3-5-12-9-10-20-16(12)15/h3-11H,2,19H2,1H3. The van der Waals surface area contributed by atoms with Gasteiger partial charge in [-0.15, -0.1) is 11.3 Å². The van der Waals surface area contributed by atoms with Gasteiger partial charge in [-0.1, -0.05) is 37.3 Å². The lowest BCUT2D eigenvalue weighted by Crippen LogP contribution is -2.37. The fourth-order valence-electron chi connectivity index (χ4n) is 2.66. The molecule has 3 heteroatoms. The van der Waals surface area contributed by atoms with E-state index in [1.807, 2.05) is 25.1 Å². The highest BCUT2D eigenvalue weighted by Crippen LogP contribution is 2.37. The van der Waals surface area contributed by atoms with Crippen molar-refractivity contribution in [3.8, 4) is 0 Å². The second-order valence-electron chi connectivity index (χ2n) is 4.98. The molecule has 0 saturated carbocycles. The largest absolute Gasteiger partial charge is 0.318 e. The Morgan fingerprint density at radius 2 is 1.95 bits per heavy atom. The molecule has 0 saturated heterocycles. The topological polar surface area (TPSA) is 26.0 Å². The first-order valence-electron chi connectivity index (χ1n) is 6.67. The fraction of sp³-hybridized carbons (Fsp3) is 0.176. The molecule has 1 nitrogen and oxygen atoms in total. The number of rotatable bonds is 3. The Hall–Kier alpha value is -1.71. The maximum atomic E-state index is 13.6. The minimum absolute atomic E-state index is 0.246. The third kappa shape index (κ3) is 2.03. The number of thiophene rings is 1. The minimum atomic E-state index is -0.660. The lowest BCUT2D eigenvalue weighted by Gasteiger charge is -2.30. The molecule has 0 radical (unpaired) electrons. The van der Waals surface area contributed by atoms with Crippen molar-refractivity contribution < 1.29 is 4.39 Å². The average Bonchev–Trinajstić information content (AvgIpc) is 2.94. The Bertz CT molecular complexity index is 749. The van der Waals surface area contributed by atoms with Crippen molar-refractivity contribution in [3.63, 3.8) is 0 Å². The highest BCUT2D eigenvalue weighted by atomic mass is 32.1. The lowest BCUT2D eigenvalue weighted by molar-refractivity contribution is 0.517. The van der Waals surface area contributed by atoms with E-state index in [0.717, 1.165) is 11.1 Å². The third-order valence-electron chi connectivity index (χ3n) is 3.86. The van der Waals surface area contributed by atoms with Crippen molar-refractivity contribution in [1.29, 1.82) is 0 Å². The van der Waals surface area contributed by atoms with Crippen molar-refractivity contribution in [2.45, 2.75) is 18.9 Å². The van der Waals surface area contributed by atoms with Crippen LogP contribution in [0.4, 0.5) is 4.39 Å². The quantitative estimate of drug-likeness (QED) is 0.744. The third-order valence-corrected chi connectivity index (χ3v) is 4.82. The summed E-state index contributed by atoms with van der Waals surface area (Å²) < 4.78 is 14.7. The molecule has 3 rings (SSSR count). The zero-order chi connectivity index (χ0) is 14.2. The summed E-state index contributed by atoms with van der Waals surface area (Å²) in [6.07, 6.45) is 0.716. The first kappa shape index (κ1) is 13.3. The maximum absolute atomic E-state index is 13.6. The van der Waals surface area contributed by atoms with Gasteiger partial charge >= 0.3 is 0 Å². The molecule has 0 spiro atoms. The molecule has 20 heavy (non-hydrogen) atoms. The van der Waals surface area contributed by atoms with E-state index >= 15 is 0 Å². The van der Waals surface area contributed by atoms with Crippen LogP contribution in [0.1, 0.15) is 24.5 Å². The van der Waals surface area contributed by atoms with E-state index in [9.17, 15) is 4.39 Å². The van der Waals surface area contributed by atoms with Gasteiger partial charge in [0.2, 0.25) is 0 Å². The summed E-state index contributed by atoms with van der Waals surface area (Å²) in [6.45, 7) is 2.04. The van der Waals surface area contributed by atoms with Gasteiger partial charge in [-0.2, -0.15) is 0 Å². The highest BCUT2D eigenvalue weighted by molar-refractivity contribution is 7.17. The van der Waals surface area contributed by atoms with Crippen LogP contribution in [0.2, 0.25) is 0 Å². The fourth-order valence-corrected chi connectivity index (χ4v) is 3.66. The van der Waals surface area contributed by atoms with E-state index in [1.54, 1.807) is 17.4 Å². The van der Waals surface area contributed by atoms with Crippen LogP contribution in [0.5, 0.6) is 0 Å². The zero-order valence-corrected chi connectivity index (χ0v) is 12.1. The van der Waals surface area contributed by atoms with Crippen molar-refractivity contribution in [2.75, 3.05) is 0 Å². The summed E-state index contributed by atoms with van der Waals surface area (Å²) in [5.74, 6) is -0.246. The molecule has 0 aliphatic carbocycles. The molecule has 102 valence electrons. The second kappa shape index (κ2) is 5.00. The van der Waals surface area contributed by atoms with Gasteiger partial charge in [-0.25, -0.2) is 4.39 Å². The van der Waals surface area contributed by atoms with E-state index in [1.165, 1.54) is 22.2 Å². The molecule has 2 N–H and O–H groups in total. The molecule has 0 fully saturated rings. The monoisotopic (exact) mass is 285 g/mol. The molecular weight excluding hydrogens is 269 g/mol. The van der Waals surface area contributed by atoms with Gasteiger partial charge in [0.1, 0.15) is 5.82 Å². The summed E-state index contributed by atoms with van der Waals surface area (Å²) >= 11 is 1.68. The first-order valence-corrected chi connectivity index (χ1v) is 7.55. The molecule has 0 amide bonds. The Kier molecular flexibility index (Phi) is 3.32. The highest BCUT2D eigenvalue weighted by Gasteiger charge is 2.30. The van der Waals surface area contributed by atoms with E-state index in [4.69, 9.17) is 5.73 Å². The summed E-state index contributed by atoms with van der Waals surface area (Å²) in [7, 11) is 0. The van der Waals surface area contributed by atoms with Crippen molar-refractivity contribution >= 4 is 21.4 Å². The maximum Gasteiger partial charge on any atom is 0.123 e. The van der Waals surface area contributed by atoms with E-state index < -0.39 is 5.54 Å². The number of benzene rings is 2. The summed E-state index contributed by atoms with van der Waals surface area (Å²) in [6, 6.07) is 14.8.